The fourth-order valence-electron chi connectivity index (χ4n) is 2.63. The van der Waals surface area contributed by atoms with Crippen molar-refractivity contribution in [2.24, 2.45) is 11.7 Å². The van der Waals surface area contributed by atoms with Gasteiger partial charge in [0.15, 0.2) is 0 Å². The zero-order chi connectivity index (χ0) is 11.7. The number of fused-ring (bicyclic) bond motifs is 1. The first-order valence-corrected chi connectivity index (χ1v) is 5.56. The molecule has 1 aromatic carbocycles. The SMILES string of the molecule is COC(=O)C(C)[C@@H]1c2ccccc2C[C@H]1N. The van der Waals surface area contributed by atoms with Gasteiger partial charge in [0, 0.05) is 12.0 Å². The third-order valence-electron chi connectivity index (χ3n) is 3.44. The molecule has 0 saturated heterocycles. The molecule has 0 spiro atoms. The molecule has 0 aliphatic heterocycles. The number of rotatable bonds is 2. The van der Waals surface area contributed by atoms with Gasteiger partial charge in [-0.05, 0) is 17.5 Å². The number of hydrogen-bond donors (Lipinski definition) is 1. The summed E-state index contributed by atoms with van der Waals surface area (Å²) < 4.78 is 4.79. The number of benzene rings is 1. The van der Waals surface area contributed by atoms with Gasteiger partial charge in [0.2, 0.25) is 0 Å². The maximum absolute atomic E-state index is 11.6. The Kier molecular flexibility index (Phi) is 2.97. The van der Waals surface area contributed by atoms with Crippen LogP contribution in [0.1, 0.15) is 24.0 Å². The number of hydrogen-bond acceptors (Lipinski definition) is 3. The van der Waals surface area contributed by atoms with E-state index < -0.39 is 0 Å². The van der Waals surface area contributed by atoms with E-state index in [0.717, 1.165) is 6.42 Å². The van der Waals surface area contributed by atoms with E-state index in [9.17, 15) is 4.79 Å². The van der Waals surface area contributed by atoms with Crippen LogP contribution in [-0.4, -0.2) is 19.1 Å². The average Bonchev–Trinajstić information content (AvgIpc) is 2.63. The van der Waals surface area contributed by atoms with Crippen LogP contribution in [0.15, 0.2) is 24.3 Å². The zero-order valence-electron chi connectivity index (χ0n) is 9.64. The molecule has 2 N–H and O–H groups in total. The van der Waals surface area contributed by atoms with Crippen molar-refractivity contribution in [3.05, 3.63) is 35.4 Å². The summed E-state index contributed by atoms with van der Waals surface area (Å²) in [4.78, 5) is 11.6. The summed E-state index contributed by atoms with van der Waals surface area (Å²) >= 11 is 0. The summed E-state index contributed by atoms with van der Waals surface area (Å²) in [6.07, 6.45) is 0.849. The summed E-state index contributed by atoms with van der Waals surface area (Å²) in [5.41, 5.74) is 8.58. The second kappa shape index (κ2) is 4.26. The molecule has 1 aliphatic rings. The van der Waals surface area contributed by atoms with Gasteiger partial charge in [0.1, 0.15) is 0 Å². The maximum atomic E-state index is 11.6. The average molecular weight is 219 g/mol. The van der Waals surface area contributed by atoms with Crippen molar-refractivity contribution < 1.29 is 9.53 Å². The lowest BCUT2D eigenvalue weighted by atomic mass is 9.86. The topological polar surface area (TPSA) is 52.3 Å². The Morgan fingerprint density at radius 1 is 1.50 bits per heavy atom. The molecule has 3 heteroatoms. The van der Waals surface area contributed by atoms with E-state index in [-0.39, 0.29) is 23.8 Å². The van der Waals surface area contributed by atoms with Crippen LogP contribution >= 0.6 is 0 Å². The van der Waals surface area contributed by atoms with Gasteiger partial charge in [-0.15, -0.1) is 0 Å². The minimum absolute atomic E-state index is 0.0199. The molecule has 3 atom stereocenters. The van der Waals surface area contributed by atoms with Gasteiger partial charge in [-0.2, -0.15) is 0 Å². The van der Waals surface area contributed by atoms with Crippen LogP contribution in [0.3, 0.4) is 0 Å². The van der Waals surface area contributed by atoms with Crippen molar-refractivity contribution in [3.8, 4) is 0 Å². The molecule has 0 heterocycles. The second-order valence-electron chi connectivity index (χ2n) is 4.40. The molecule has 1 aromatic rings. The predicted octanol–water partition coefficient (Wildman–Crippen LogP) is 1.46. The first-order chi connectivity index (χ1) is 7.65. The molecule has 16 heavy (non-hydrogen) atoms. The highest BCUT2D eigenvalue weighted by Crippen LogP contribution is 2.37. The summed E-state index contributed by atoms with van der Waals surface area (Å²) in [6, 6.07) is 8.17. The standard InChI is InChI=1S/C13H17NO2/c1-8(13(15)16-2)12-10-6-4-3-5-9(10)7-11(12)14/h3-6,8,11-12H,7,14H2,1-2H3/t8?,11-,12-/m1/s1. The predicted molar refractivity (Wildman–Crippen MR) is 62.0 cm³/mol. The molecule has 86 valence electrons. The Hall–Kier alpha value is -1.35. The number of ether oxygens (including phenoxy) is 1. The Labute approximate surface area is 95.6 Å². The van der Waals surface area contributed by atoms with E-state index in [0.29, 0.717) is 0 Å². The highest BCUT2D eigenvalue weighted by molar-refractivity contribution is 5.73. The number of methoxy groups -OCH3 is 1. The first kappa shape index (κ1) is 11.1. The Balaban J connectivity index is 2.32. The summed E-state index contributed by atoms with van der Waals surface area (Å²) in [6.45, 7) is 1.89. The molecule has 0 amide bonds. The fraction of sp³-hybridized carbons (Fsp3) is 0.462. The summed E-state index contributed by atoms with van der Waals surface area (Å²) in [5.74, 6) is -0.274. The van der Waals surface area contributed by atoms with Gasteiger partial charge in [-0.1, -0.05) is 31.2 Å². The number of nitrogens with two attached hydrogens (primary N) is 1. The van der Waals surface area contributed by atoms with Crippen molar-refractivity contribution >= 4 is 5.97 Å². The minimum atomic E-state index is -0.183. The lowest BCUT2D eigenvalue weighted by molar-refractivity contribution is -0.145. The van der Waals surface area contributed by atoms with E-state index in [4.69, 9.17) is 10.5 Å². The fourth-order valence-corrected chi connectivity index (χ4v) is 2.63. The van der Waals surface area contributed by atoms with Gasteiger partial charge in [-0.3, -0.25) is 4.79 Å². The molecule has 2 rings (SSSR count). The van der Waals surface area contributed by atoms with Crippen molar-refractivity contribution in [2.75, 3.05) is 7.11 Å². The van der Waals surface area contributed by atoms with Crippen LogP contribution < -0.4 is 5.73 Å². The molecule has 1 unspecified atom stereocenters. The van der Waals surface area contributed by atoms with Crippen molar-refractivity contribution in [1.82, 2.24) is 0 Å². The van der Waals surface area contributed by atoms with Crippen LogP contribution in [0.25, 0.3) is 0 Å². The normalized spacial score (nSPS) is 24.9. The van der Waals surface area contributed by atoms with Gasteiger partial charge < -0.3 is 10.5 Å². The quantitative estimate of drug-likeness (QED) is 0.766. The summed E-state index contributed by atoms with van der Waals surface area (Å²) in [5, 5.41) is 0. The van der Waals surface area contributed by atoms with Crippen LogP contribution in [0.2, 0.25) is 0 Å². The van der Waals surface area contributed by atoms with Gasteiger partial charge in [0.25, 0.3) is 0 Å². The third kappa shape index (κ3) is 1.71. The number of esters is 1. The van der Waals surface area contributed by atoms with E-state index >= 15 is 0 Å². The monoisotopic (exact) mass is 219 g/mol. The highest BCUT2D eigenvalue weighted by Gasteiger charge is 2.37. The van der Waals surface area contributed by atoms with Crippen LogP contribution in [0.4, 0.5) is 0 Å². The molecular weight excluding hydrogens is 202 g/mol. The van der Waals surface area contributed by atoms with Gasteiger partial charge in [0.05, 0.1) is 13.0 Å². The third-order valence-corrected chi connectivity index (χ3v) is 3.44. The summed E-state index contributed by atoms with van der Waals surface area (Å²) in [7, 11) is 1.42. The number of carbonyl (C=O) groups excluding carboxylic acids is 1. The highest BCUT2D eigenvalue weighted by atomic mass is 16.5. The smallest absolute Gasteiger partial charge is 0.309 e. The molecule has 0 radical (unpaired) electrons. The van der Waals surface area contributed by atoms with E-state index in [1.54, 1.807) is 0 Å². The van der Waals surface area contributed by atoms with Crippen molar-refractivity contribution in [1.29, 1.82) is 0 Å². The van der Waals surface area contributed by atoms with E-state index in [2.05, 4.69) is 12.1 Å². The minimum Gasteiger partial charge on any atom is -0.469 e. The molecule has 3 nitrogen and oxygen atoms in total. The lowest BCUT2D eigenvalue weighted by Gasteiger charge is -2.22. The molecule has 0 saturated carbocycles. The largest absolute Gasteiger partial charge is 0.469 e. The van der Waals surface area contributed by atoms with Crippen molar-refractivity contribution in [3.63, 3.8) is 0 Å². The Morgan fingerprint density at radius 3 is 2.88 bits per heavy atom. The molecule has 0 aromatic heterocycles. The lowest BCUT2D eigenvalue weighted by Crippen LogP contribution is -2.33. The van der Waals surface area contributed by atoms with Crippen LogP contribution in [0.5, 0.6) is 0 Å². The van der Waals surface area contributed by atoms with Crippen LogP contribution in [-0.2, 0) is 16.0 Å². The molecular formula is C13H17NO2. The Morgan fingerprint density at radius 2 is 2.19 bits per heavy atom. The molecule has 0 bridgehead atoms. The van der Waals surface area contributed by atoms with E-state index in [1.165, 1.54) is 18.2 Å². The number of carbonyl (C=O) groups is 1. The molecule has 1 aliphatic carbocycles. The maximum Gasteiger partial charge on any atom is 0.309 e. The Bertz CT molecular complexity index is 403. The van der Waals surface area contributed by atoms with Crippen LogP contribution in [0, 0.1) is 5.92 Å². The molecule has 0 fully saturated rings. The van der Waals surface area contributed by atoms with Crippen molar-refractivity contribution in [2.45, 2.75) is 25.3 Å². The van der Waals surface area contributed by atoms with Gasteiger partial charge >= 0.3 is 5.97 Å². The van der Waals surface area contributed by atoms with E-state index in [1.807, 2.05) is 19.1 Å². The zero-order valence-corrected chi connectivity index (χ0v) is 9.64. The van der Waals surface area contributed by atoms with Gasteiger partial charge in [-0.25, -0.2) is 0 Å². The second-order valence-corrected chi connectivity index (χ2v) is 4.40. The first-order valence-electron chi connectivity index (χ1n) is 5.56.